The van der Waals surface area contributed by atoms with Gasteiger partial charge in [0.2, 0.25) is 5.91 Å². The predicted molar refractivity (Wildman–Crippen MR) is 107 cm³/mol. The molecule has 0 unspecified atom stereocenters. The average Bonchev–Trinajstić information content (AvgIpc) is 3.20. The minimum Gasteiger partial charge on any atom is -0.334 e. The van der Waals surface area contributed by atoms with Gasteiger partial charge < -0.3 is 9.84 Å². The summed E-state index contributed by atoms with van der Waals surface area (Å²) in [5.74, 6) is -1.35. The number of anilines is 1. The molecule has 2 aromatic carbocycles. The van der Waals surface area contributed by atoms with Crippen LogP contribution >= 0.6 is 0 Å². The van der Waals surface area contributed by atoms with Crippen LogP contribution in [0.4, 0.5) is 14.5 Å². The van der Waals surface area contributed by atoms with E-state index in [4.69, 9.17) is 4.52 Å². The summed E-state index contributed by atoms with van der Waals surface area (Å²) in [6.07, 6.45) is 1.44. The number of hydrogen-bond acceptors (Lipinski definition) is 5. The van der Waals surface area contributed by atoms with E-state index >= 15 is 0 Å². The monoisotopic (exact) mass is 412 g/mol. The molecule has 0 spiro atoms. The first-order chi connectivity index (χ1) is 14.5. The lowest BCUT2D eigenvalue weighted by Gasteiger charge is -2.31. The lowest BCUT2D eigenvalue weighted by atomic mass is 9.97. The highest BCUT2D eigenvalue weighted by Crippen LogP contribution is 2.24. The van der Waals surface area contributed by atoms with Gasteiger partial charge in [-0.15, -0.1) is 0 Å². The van der Waals surface area contributed by atoms with Crippen LogP contribution < -0.4 is 5.32 Å². The molecule has 8 heteroatoms. The zero-order valence-corrected chi connectivity index (χ0v) is 16.6. The van der Waals surface area contributed by atoms with Gasteiger partial charge in [-0.3, -0.25) is 9.69 Å². The molecular formula is C22H22F2N4O2. The van der Waals surface area contributed by atoms with E-state index < -0.39 is 23.2 Å². The quantitative estimate of drug-likeness (QED) is 0.681. The third kappa shape index (κ3) is 4.54. The van der Waals surface area contributed by atoms with E-state index in [9.17, 15) is 13.6 Å². The number of nitrogens with one attached hydrogen (secondary N) is 1. The molecule has 1 atom stereocenters. The molecule has 4 rings (SSSR count). The van der Waals surface area contributed by atoms with Gasteiger partial charge in [-0.2, -0.15) is 4.98 Å². The minimum absolute atomic E-state index is 0.374. The number of hydrogen-bond donors (Lipinski definition) is 1. The van der Waals surface area contributed by atoms with Gasteiger partial charge in [0, 0.05) is 12.1 Å². The highest BCUT2D eigenvalue weighted by molar-refractivity contribution is 5.93. The number of aromatic nitrogens is 2. The van der Waals surface area contributed by atoms with E-state index in [1.807, 2.05) is 31.2 Å². The Hall–Kier alpha value is -3.13. The van der Waals surface area contributed by atoms with Crippen molar-refractivity contribution in [3.63, 3.8) is 0 Å². The maximum atomic E-state index is 13.8. The fraction of sp³-hybridized carbons (Fsp3) is 0.318. The Kier molecular flexibility index (Phi) is 5.85. The number of benzene rings is 2. The second-order valence-electron chi connectivity index (χ2n) is 7.54. The van der Waals surface area contributed by atoms with Crippen LogP contribution in [0.5, 0.6) is 0 Å². The second kappa shape index (κ2) is 8.71. The molecule has 1 aliphatic heterocycles. The zero-order valence-electron chi connectivity index (χ0n) is 16.6. The largest absolute Gasteiger partial charge is 0.334 e. The highest BCUT2D eigenvalue weighted by Gasteiger charge is 2.28. The van der Waals surface area contributed by atoms with E-state index in [2.05, 4.69) is 20.4 Å². The molecule has 1 fully saturated rings. The number of rotatable bonds is 5. The Morgan fingerprint density at radius 1 is 1.20 bits per heavy atom. The van der Waals surface area contributed by atoms with Gasteiger partial charge in [0.15, 0.2) is 5.82 Å². The van der Waals surface area contributed by atoms with Gasteiger partial charge in [0.05, 0.1) is 12.5 Å². The molecule has 1 aliphatic rings. The lowest BCUT2D eigenvalue weighted by Crippen LogP contribution is -2.40. The zero-order chi connectivity index (χ0) is 21.1. The fourth-order valence-electron chi connectivity index (χ4n) is 3.59. The predicted octanol–water partition coefficient (Wildman–Crippen LogP) is 4.17. The summed E-state index contributed by atoms with van der Waals surface area (Å²) < 4.78 is 33.0. The third-order valence-corrected chi connectivity index (χ3v) is 5.22. The Bertz CT molecular complexity index is 1020. The Labute approximate surface area is 172 Å². The van der Waals surface area contributed by atoms with Gasteiger partial charge in [-0.05, 0) is 50.6 Å². The standard InChI is InChI=1S/C22H22F2N4O2/c1-14-7-9-15(10-8-14)22-25-19(27-30-22)13-28-11-3-4-16(12-28)21(29)26-20-17(23)5-2-6-18(20)24/h2,5-10,16H,3-4,11-13H2,1H3,(H,26,29)/t16-/m0/s1. The van der Waals surface area contributed by atoms with Gasteiger partial charge in [-0.1, -0.05) is 28.9 Å². The molecule has 2 heterocycles. The highest BCUT2D eigenvalue weighted by atomic mass is 19.1. The first kappa shape index (κ1) is 20.2. The summed E-state index contributed by atoms with van der Waals surface area (Å²) in [5.41, 5.74) is 1.59. The van der Waals surface area contributed by atoms with Crippen LogP contribution in [0.2, 0.25) is 0 Å². The number of halogens is 2. The third-order valence-electron chi connectivity index (χ3n) is 5.22. The summed E-state index contributed by atoms with van der Waals surface area (Å²) in [4.78, 5) is 19.1. The smallest absolute Gasteiger partial charge is 0.257 e. The average molecular weight is 412 g/mol. The number of carbonyl (C=O) groups is 1. The molecule has 1 N–H and O–H groups in total. The van der Waals surface area contributed by atoms with E-state index in [0.717, 1.165) is 36.2 Å². The molecule has 0 aliphatic carbocycles. The van der Waals surface area contributed by atoms with Crippen molar-refractivity contribution in [3.05, 3.63) is 65.5 Å². The van der Waals surface area contributed by atoms with Crippen molar-refractivity contribution in [1.82, 2.24) is 15.0 Å². The second-order valence-corrected chi connectivity index (χ2v) is 7.54. The summed E-state index contributed by atoms with van der Waals surface area (Å²) in [7, 11) is 0. The molecule has 0 saturated carbocycles. The van der Waals surface area contributed by atoms with E-state index in [1.165, 1.54) is 6.07 Å². The van der Waals surface area contributed by atoms with Crippen molar-refractivity contribution >= 4 is 11.6 Å². The van der Waals surface area contributed by atoms with Crippen LogP contribution in [0.25, 0.3) is 11.5 Å². The maximum absolute atomic E-state index is 13.8. The number of likely N-dealkylation sites (tertiary alicyclic amines) is 1. The van der Waals surface area contributed by atoms with E-state index in [1.54, 1.807) is 0 Å². The molecule has 1 amide bonds. The Balaban J connectivity index is 1.38. The van der Waals surface area contributed by atoms with Crippen molar-refractivity contribution in [2.45, 2.75) is 26.3 Å². The SMILES string of the molecule is Cc1ccc(-c2nc(CN3CCC[C@H](C(=O)Nc4c(F)cccc4F)C3)no2)cc1. The van der Waals surface area contributed by atoms with Gasteiger partial charge in [0.25, 0.3) is 5.89 Å². The molecule has 0 bridgehead atoms. The summed E-state index contributed by atoms with van der Waals surface area (Å²) >= 11 is 0. The normalized spacial score (nSPS) is 17.1. The van der Waals surface area contributed by atoms with Crippen molar-refractivity contribution in [2.75, 3.05) is 18.4 Å². The topological polar surface area (TPSA) is 71.3 Å². The number of para-hydroxylation sites is 1. The van der Waals surface area contributed by atoms with Crippen molar-refractivity contribution in [2.24, 2.45) is 5.92 Å². The van der Waals surface area contributed by atoms with Crippen LogP contribution in [-0.2, 0) is 11.3 Å². The summed E-state index contributed by atoms with van der Waals surface area (Å²) in [6, 6.07) is 11.3. The molecule has 156 valence electrons. The van der Waals surface area contributed by atoms with Crippen LogP contribution in [0.3, 0.4) is 0 Å². The van der Waals surface area contributed by atoms with E-state index in [0.29, 0.717) is 31.2 Å². The molecule has 3 aromatic rings. The summed E-state index contributed by atoms with van der Waals surface area (Å²) in [6.45, 7) is 3.68. The maximum Gasteiger partial charge on any atom is 0.257 e. The number of aryl methyl sites for hydroxylation is 1. The van der Waals surface area contributed by atoms with Crippen LogP contribution in [0, 0.1) is 24.5 Å². The molecule has 1 aromatic heterocycles. The molecule has 6 nitrogen and oxygen atoms in total. The number of nitrogens with zero attached hydrogens (tertiary/aromatic N) is 3. The van der Waals surface area contributed by atoms with Crippen molar-refractivity contribution in [1.29, 1.82) is 0 Å². The minimum atomic E-state index is -0.786. The number of amides is 1. The Morgan fingerprint density at radius 2 is 1.93 bits per heavy atom. The Morgan fingerprint density at radius 3 is 2.67 bits per heavy atom. The molecule has 1 saturated heterocycles. The van der Waals surface area contributed by atoms with Gasteiger partial charge in [0.1, 0.15) is 17.3 Å². The van der Waals surface area contributed by atoms with Crippen molar-refractivity contribution < 1.29 is 18.1 Å². The molecular weight excluding hydrogens is 390 g/mol. The van der Waals surface area contributed by atoms with E-state index in [-0.39, 0.29) is 5.92 Å². The first-order valence-corrected chi connectivity index (χ1v) is 9.86. The fourth-order valence-corrected chi connectivity index (χ4v) is 3.59. The molecule has 0 radical (unpaired) electrons. The van der Waals surface area contributed by atoms with Crippen molar-refractivity contribution in [3.8, 4) is 11.5 Å². The summed E-state index contributed by atoms with van der Waals surface area (Å²) in [5, 5.41) is 6.44. The molecule has 30 heavy (non-hydrogen) atoms. The van der Waals surface area contributed by atoms with Crippen LogP contribution in [-0.4, -0.2) is 34.0 Å². The number of piperidine rings is 1. The van der Waals surface area contributed by atoms with Gasteiger partial charge in [-0.25, -0.2) is 8.78 Å². The van der Waals surface area contributed by atoms with Crippen LogP contribution in [0.15, 0.2) is 47.0 Å². The lowest BCUT2D eigenvalue weighted by molar-refractivity contribution is -0.121. The number of carbonyl (C=O) groups excluding carboxylic acids is 1. The first-order valence-electron chi connectivity index (χ1n) is 9.86. The van der Waals surface area contributed by atoms with Gasteiger partial charge >= 0.3 is 0 Å². The van der Waals surface area contributed by atoms with Crippen LogP contribution in [0.1, 0.15) is 24.2 Å².